The van der Waals surface area contributed by atoms with Crippen molar-refractivity contribution < 1.29 is 14.3 Å². The third kappa shape index (κ3) is 4.90. The van der Waals surface area contributed by atoms with E-state index in [1.54, 1.807) is 24.7 Å². The van der Waals surface area contributed by atoms with Crippen LogP contribution in [-0.4, -0.2) is 50.5 Å². The first kappa shape index (κ1) is 19.4. The van der Waals surface area contributed by atoms with E-state index in [2.05, 4.69) is 20.4 Å². The standard InChI is InChI=1S/C21H22N4O3S/c1-27-19-5-4-16-10-15(2-3-17(16)11-19)13-22-24-20(26)12-18-14-29-21(23-18)25-6-8-28-9-7-25/h2-5,10-11,13-14H,6-9,12H2,1H3,(H,24,26)/b22-13-. The van der Waals surface area contributed by atoms with Crippen LogP contribution in [0.25, 0.3) is 10.8 Å². The molecule has 0 saturated carbocycles. The van der Waals surface area contributed by atoms with Gasteiger partial charge in [-0.1, -0.05) is 18.2 Å². The van der Waals surface area contributed by atoms with Crippen molar-refractivity contribution in [1.82, 2.24) is 10.4 Å². The van der Waals surface area contributed by atoms with Crippen molar-refractivity contribution in [2.75, 3.05) is 38.3 Å². The second kappa shape index (κ2) is 9.02. The van der Waals surface area contributed by atoms with Gasteiger partial charge in [-0.2, -0.15) is 5.10 Å². The zero-order chi connectivity index (χ0) is 20.1. The predicted molar refractivity (Wildman–Crippen MR) is 115 cm³/mol. The number of hydrogen-bond donors (Lipinski definition) is 1. The SMILES string of the molecule is COc1ccc2cc(/C=N\NC(=O)Cc3csc(N4CCOCC4)n3)ccc2c1. The molecule has 0 atom stereocenters. The molecule has 1 amide bonds. The molecule has 2 heterocycles. The Labute approximate surface area is 173 Å². The van der Waals surface area contributed by atoms with Crippen LogP contribution in [0.3, 0.4) is 0 Å². The molecule has 1 aliphatic rings. The lowest BCUT2D eigenvalue weighted by Gasteiger charge is -2.26. The van der Waals surface area contributed by atoms with Crippen LogP contribution in [0.15, 0.2) is 46.9 Å². The van der Waals surface area contributed by atoms with Crippen molar-refractivity contribution in [2.45, 2.75) is 6.42 Å². The van der Waals surface area contributed by atoms with E-state index in [-0.39, 0.29) is 12.3 Å². The number of aromatic nitrogens is 1. The Morgan fingerprint density at radius 1 is 1.28 bits per heavy atom. The van der Waals surface area contributed by atoms with Crippen LogP contribution >= 0.6 is 11.3 Å². The number of carbonyl (C=O) groups excluding carboxylic acids is 1. The number of anilines is 1. The summed E-state index contributed by atoms with van der Waals surface area (Å²) in [5, 5.41) is 9.10. The normalized spacial score (nSPS) is 14.4. The highest BCUT2D eigenvalue weighted by Crippen LogP contribution is 2.22. The zero-order valence-electron chi connectivity index (χ0n) is 16.1. The minimum atomic E-state index is -0.189. The van der Waals surface area contributed by atoms with Crippen molar-refractivity contribution in [3.05, 3.63) is 53.0 Å². The quantitative estimate of drug-likeness (QED) is 0.500. The fourth-order valence-electron chi connectivity index (χ4n) is 3.11. The van der Waals surface area contributed by atoms with Gasteiger partial charge in [0.05, 0.1) is 38.7 Å². The third-order valence-corrected chi connectivity index (χ3v) is 5.59. The number of fused-ring (bicyclic) bond motifs is 1. The van der Waals surface area contributed by atoms with Gasteiger partial charge in [-0.05, 0) is 34.5 Å². The van der Waals surface area contributed by atoms with E-state index in [0.717, 1.165) is 46.0 Å². The largest absolute Gasteiger partial charge is 0.497 e. The second-order valence-corrected chi connectivity index (χ2v) is 7.50. The number of hydrogen-bond acceptors (Lipinski definition) is 7. The van der Waals surface area contributed by atoms with E-state index < -0.39 is 0 Å². The second-order valence-electron chi connectivity index (χ2n) is 6.66. The van der Waals surface area contributed by atoms with Crippen LogP contribution in [0.2, 0.25) is 0 Å². The maximum absolute atomic E-state index is 12.2. The summed E-state index contributed by atoms with van der Waals surface area (Å²) >= 11 is 1.55. The number of hydrazone groups is 1. The zero-order valence-corrected chi connectivity index (χ0v) is 16.9. The van der Waals surface area contributed by atoms with Gasteiger partial charge in [-0.25, -0.2) is 10.4 Å². The average Bonchev–Trinajstić information content (AvgIpc) is 3.22. The van der Waals surface area contributed by atoms with Gasteiger partial charge < -0.3 is 14.4 Å². The lowest BCUT2D eigenvalue weighted by atomic mass is 10.1. The molecule has 0 unspecified atom stereocenters. The number of rotatable bonds is 6. The fourth-order valence-corrected chi connectivity index (χ4v) is 3.99. The number of carbonyl (C=O) groups is 1. The maximum atomic E-state index is 12.2. The molecule has 0 bridgehead atoms. The fraction of sp³-hybridized carbons (Fsp3) is 0.286. The van der Waals surface area contributed by atoms with Crippen LogP contribution in [0, 0.1) is 0 Å². The number of amides is 1. The molecule has 29 heavy (non-hydrogen) atoms. The number of nitrogens with zero attached hydrogens (tertiary/aromatic N) is 3. The number of nitrogens with one attached hydrogen (secondary N) is 1. The summed E-state index contributed by atoms with van der Waals surface area (Å²) in [6.07, 6.45) is 1.84. The third-order valence-electron chi connectivity index (χ3n) is 4.64. The van der Waals surface area contributed by atoms with Gasteiger partial charge in [0.1, 0.15) is 5.75 Å². The van der Waals surface area contributed by atoms with Gasteiger partial charge in [0.15, 0.2) is 5.13 Å². The topological polar surface area (TPSA) is 76.0 Å². The highest BCUT2D eigenvalue weighted by Gasteiger charge is 2.15. The summed E-state index contributed by atoms with van der Waals surface area (Å²) in [5.41, 5.74) is 4.24. The molecule has 2 aromatic carbocycles. The van der Waals surface area contributed by atoms with Crippen LogP contribution in [-0.2, 0) is 16.0 Å². The molecule has 1 N–H and O–H groups in total. The molecule has 0 spiro atoms. The molecule has 1 aliphatic heterocycles. The van der Waals surface area contributed by atoms with Crippen LogP contribution < -0.4 is 15.1 Å². The number of ether oxygens (including phenoxy) is 2. The Morgan fingerprint density at radius 2 is 2.07 bits per heavy atom. The Bertz CT molecular complexity index is 1030. The molecule has 0 radical (unpaired) electrons. The summed E-state index contributed by atoms with van der Waals surface area (Å²) < 4.78 is 10.6. The first-order valence-electron chi connectivity index (χ1n) is 9.38. The molecular weight excluding hydrogens is 388 g/mol. The highest BCUT2D eigenvalue weighted by atomic mass is 32.1. The summed E-state index contributed by atoms with van der Waals surface area (Å²) in [6, 6.07) is 11.9. The lowest BCUT2D eigenvalue weighted by molar-refractivity contribution is -0.120. The van der Waals surface area contributed by atoms with E-state index in [1.807, 2.05) is 41.8 Å². The van der Waals surface area contributed by atoms with Crippen LogP contribution in [0.5, 0.6) is 5.75 Å². The van der Waals surface area contributed by atoms with E-state index in [4.69, 9.17) is 9.47 Å². The van der Waals surface area contributed by atoms with Crippen molar-refractivity contribution in [1.29, 1.82) is 0 Å². The molecule has 150 valence electrons. The van der Waals surface area contributed by atoms with E-state index >= 15 is 0 Å². The highest BCUT2D eigenvalue weighted by molar-refractivity contribution is 7.13. The maximum Gasteiger partial charge on any atom is 0.246 e. The van der Waals surface area contributed by atoms with E-state index in [0.29, 0.717) is 13.2 Å². The molecule has 3 aromatic rings. The van der Waals surface area contributed by atoms with Gasteiger partial charge in [0.2, 0.25) is 5.91 Å². The first-order chi connectivity index (χ1) is 14.2. The van der Waals surface area contributed by atoms with Crippen molar-refractivity contribution in [3.8, 4) is 5.75 Å². The number of benzene rings is 2. The van der Waals surface area contributed by atoms with Crippen molar-refractivity contribution >= 4 is 39.4 Å². The summed E-state index contributed by atoms with van der Waals surface area (Å²) in [4.78, 5) is 18.9. The number of morpholine rings is 1. The molecule has 0 aliphatic carbocycles. The Hall–Kier alpha value is -2.97. The van der Waals surface area contributed by atoms with Crippen molar-refractivity contribution in [3.63, 3.8) is 0 Å². The smallest absolute Gasteiger partial charge is 0.246 e. The van der Waals surface area contributed by atoms with Gasteiger partial charge in [0.25, 0.3) is 0 Å². The number of thiazole rings is 1. The average molecular weight is 410 g/mol. The molecular formula is C21H22N4O3S. The lowest BCUT2D eigenvalue weighted by Crippen LogP contribution is -2.36. The van der Waals surface area contributed by atoms with E-state index in [1.165, 1.54) is 0 Å². The Balaban J connectivity index is 1.32. The monoisotopic (exact) mass is 410 g/mol. The summed E-state index contributed by atoms with van der Waals surface area (Å²) in [6.45, 7) is 3.10. The Kier molecular flexibility index (Phi) is 6.02. The van der Waals surface area contributed by atoms with Crippen LogP contribution in [0.1, 0.15) is 11.3 Å². The molecule has 8 heteroatoms. The van der Waals surface area contributed by atoms with Gasteiger partial charge in [0, 0.05) is 18.5 Å². The molecule has 1 aromatic heterocycles. The molecule has 4 rings (SSSR count). The predicted octanol–water partition coefficient (Wildman–Crippen LogP) is 2.83. The minimum absolute atomic E-state index is 0.189. The molecule has 1 saturated heterocycles. The van der Waals surface area contributed by atoms with Gasteiger partial charge in [-0.15, -0.1) is 11.3 Å². The minimum Gasteiger partial charge on any atom is -0.497 e. The number of methoxy groups -OCH3 is 1. The molecule has 7 nitrogen and oxygen atoms in total. The molecule has 1 fully saturated rings. The first-order valence-corrected chi connectivity index (χ1v) is 10.3. The Morgan fingerprint density at radius 3 is 2.90 bits per heavy atom. The van der Waals surface area contributed by atoms with Gasteiger partial charge in [-0.3, -0.25) is 4.79 Å². The summed E-state index contributed by atoms with van der Waals surface area (Å²) in [7, 11) is 1.65. The van der Waals surface area contributed by atoms with Crippen LogP contribution in [0.4, 0.5) is 5.13 Å². The van der Waals surface area contributed by atoms with Gasteiger partial charge >= 0.3 is 0 Å². The summed E-state index contributed by atoms with van der Waals surface area (Å²) in [5.74, 6) is 0.635. The van der Waals surface area contributed by atoms with Crippen molar-refractivity contribution in [2.24, 2.45) is 5.10 Å². The van der Waals surface area contributed by atoms with E-state index in [9.17, 15) is 4.79 Å².